The number of hydrogen-bond donors (Lipinski definition) is 2. The van der Waals surface area contributed by atoms with E-state index in [1.165, 1.54) is 0 Å². The molecule has 1 aromatic rings. The van der Waals surface area contributed by atoms with Crippen molar-refractivity contribution in [3.05, 3.63) is 23.9 Å². The highest BCUT2D eigenvalue weighted by Gasteiger charge is 2.05. The molecule has 0 bridgehead atoms. The summed E-state index contributed by atoms with van der Waals surface area (Å²) in [7, 11) is 1.56. The average molecular weight is 223 g/mol. The van der Waals surface area contributed by atoms with Crippen LogP contribution in [0, 0.1) is 0 Å². The minimum atomic E-state index is -0.0345. The number of rotatable bonds is 6. The summed E-state index contributed by atoms with van der Waals surface area (Å²) in [5, 5.41) is 5.74. The van der Waals surface area contributed by atoms with Crippen LogP contribution in [0.1, 0.15) is 12.5 Å². The second-order valence-corrected chi connectivity index (χ2v) is 3.23. The lowest BCUT2D eigenvalue weighted by Gasteiger charge is -2.08. The van der Waals surface area contributed by atoms with Crippen LogP contribution in [-0.2, 0) is 11.3 Å². The van der Waals surface area contributed by atoms with Gasteiger partial charge in [-0.05, 0) is 12.6 Å². The molecule has 0 saturated heterocycles. The van der Waals surface area contributed by atoms with E-state index in [1.54, 1.807) is 13.3 Å². The van der Waals surface area contributed by atoms with Crippen molar-refractivity contribution in [1.82, 2.24) is 15.6 Å². The number of nitrogens with one attached hydrogen (secondary N) is 2. The molecule has 0 aromatic carbocycles. The van der Waals surface area contributed by atoms with Crippen LogP contribution in [0.5, 0.6) is 5.88 Å². The summed E-state index contributed by atoms with van der Waals surface area (Å²) < 4.78 is 5.08. The standard InChI is InChI=1S/C11H17N3O2/c1-3-12-8-10(15)14-7-9-5-4-6-13-11(9)16-2/h4-6,12H,3,7-8H2,1-2H3,(H,14,15). The van der Waals surface area contributed by atoms with Gasteiger partial charge in [0.2, 0.25) is 11.8 Å². The van der Waals surface area contributed by atoms with E-state index < -0.39 is 0 Å². The average Bonchev–Trinajstić information content (AvgIpc) is 2.34. The van der Waals surface area contributed by atoms with E-state index in [9.17, 15) is 4.79 Å². The highest BCUT2D eigenvalue weighted by atomic mass is 16.5. The molecule has 5 heteroatoms. The minimum Gasteiger partial charge on any atom is -0.481 e. The molecule has 1 rings (SSSR count). The molecule has 0 aliphatic carbocycles. The van der Waals surface area contributed by atoms with Gasteiger partial charge in [0.25, 0.3) is 0 Å². The zero-order valence-corrected chi connectivity index (χ0v) is 9.62. The van der Waals surface area contributed by atoms with Crippen molar-refractivity contribution in [3.63, 3.8) is 0 Å². The maximum absolute atomic E-state index is 11.3. The summed E-state index contributed by atoms with van der Waals surface area (Å²) >= 11 is 0. The normalized spacial score (nSPS) is 9.88. The lowest BCUT2D eigenvalue weighted by atomic mass is 10.2. The first-order valence-electron chi connectivity index (χ1n) is 5.23. The lowest BCUT2D eigenvalue weighted by molar-refractivity contribution is -0.120. The molecule has 0 fully saturated rings. The van der Waals surface area contributed by atoms with Crippen LogP contribution in [0.15, 0.2) is 18.3 Å². The number of nitrogens with zero attached hydrogens (tertiary/aromatic N) is 1. The van der Waals surface area contributed by atoms with Gasteiger partial charge in [0, 0.05) is 18.3 Å². The molecular weight excluding hydrogens is 206 g/mol. The van der Waals surface area contributed by atoms with Crippen molar-refractivity contribution in [2.45, 2.75) is 13.5 Å². The smallest absolute Gasteiger partial charge is 0.234 e. The Kier molecular flexibility index (Phi) is 5.28. The van der Waals surface area contributed by atoms with E-state index in [2.05, 4.69) is 15.6 Å². The zero-order valence-electron chi connectivity index (χ0n) is 9.62. The molecule has 1 aromatic heterocycles. The van der Waals surface area contributed by atoms with Gasteiger partial charge >= 0.3 is 0 Å². The summed E-state index contributed by atoms with van der Waals surface area (Å²) in [5.41, 5.74) is 0.870. The molecule has 88 valence electrons. The quantitative estimate of drug-likeness (QED) is 0.729. The number of aromatic nitrogens is 1. The van der Waals surface area contributed by atoms with Crippen molar-refractivity contribution in [2.75, 3.05) is 20.2 Å². The number of hydrogen-bond acceptors (Lipinski definition) is 4. The molecule has 0 aliphatic heterocycles. The number of carbonyl (C=O) groups is 1. The van der Waals surface area contributed by atoms with E-state index in [1.807, 2.05) is 19.1 Å². The number of pyridine rings is 1. The van der Waals surface area contributed by atoms with E-state index >= 15 is 0 Å². The third kappa shape index (κ3) is 3.86. The summed E-state index contributed by atoms with van der Waals surface area (Å²) in [6.45, 7) is 3.50. The number of amides is 1. The van der Waals surface area contributed by atoms with Crippen LogP contribution in [0.2, 0.25) is 0 Å². The molecular formula is C11H17N3O2. The van der Waals surface area contributed by atoms with Gasteiger partial charge in [-0.25, -0.2) is 4.98 Å². The van der Waals surface area contributed by atoms with E-state index in [4.69, 9.17) is 4.74 Å². The van der Waals surface area contributed by atoms with Crippen LogP contribution in [-0.4, -0.2) is 31.1 Å². The fourth-order valence-electron chi connectivity index (χ4n) is 1.24. The first kappa shape index (κ1) is 12.4. The maximum Gasteiger partial charge on any atom is 0.234 e. The summed E-state index contributed by atoms with van der Waals surface area (Å²) in [6.07, 6.45) is 1.66. The molecule has 1 heterocycles. The van der Waals surface area contributed by atoms with Crippen LogP contribution in [0.3, 0.4) is 0 Å². The fourth-order valence-corrected chi connectivity index (χ4v) is 1.24. The summed E-state index contributed by atoms with van der Waals surface area (Å²) in [6, 6.07) is 3.69. The third-order valence-corrected chi connectivity index (χ3v) is 2.05. The van der Waals surface area contributed by atoms with Gasteiger partial charge in [-0.15, -0.1) is 0 Å². The van der Waals surface area contributed by atoms with Crippen molar-refractivity contribution >= 4 is 5.91 Å². The highest BCUT2D eigenvalue weighted by molar-refractivity contribution is 5.78. The molecule has 0 radical (unpaired) electrons. The Balaban J connectivity index is 2.44. The summed E-state index contributed by atoms with van der Waals surface area (Å²) in [4.78, 5) is 15.4. The van der Waals surface area contributed by atoms with Crippen LogP contribution in [0.4, 0.5) is 0 Å². The van der Waals surface area contributed by atoms with E-state index in [0.29, 0.717) is 19.0 Å². The Morgan fingerprint density at radius 2 is 2.38 bits per heavy atom. The Morgan fingerprint density at radius 1 is 1.56 bits per heavy atom. The number of ether oxygens (including phenoxy) is 1. The number of likely N-dealkylation sites (N-methyl/N-ethyl adjacent to an activating group) is 1. The molecule has 1 amide bonds. The predicted molar refractivity (Wildman–Crippen MR) is 61.2 cm³/mol. The Labute approximate surface area is 95.2 Å². The fraction of sp³-hybridized carbons (Fsp3) is 0.455. The minimum absolute atomic E-state index is 0.0345. The van der Waals surface area contributed by atoms with Gasteiger partial charge in [-0.1, -0.05) is 13.0 Å². The molecule has 16 heavy (non-hydrogen) atoms. The van der Waals surface area contributed by atoms with E-state index in [-0.39, 0.29) is 5.91 Å². The van der Waals surface area contributed by atoms with Crippen molar-refractivity contribution in [1.29, 1.82) is 0 Å². The highest BCUT2D eigenvalue weighted by Crippen LogP contribution is 2.12. The van der Waals surface area contributed by atoms with Gasteiger partial charge in [-0.2, -0.15) is 0 Å². The van der Waals surface area contributed by atoms with Gasteiger partial charge in [0.15, 0.2) is 0 Å². The topological polar surface area (TPSA) is 63.2 Å². The third-order valence-electron chi connectivity index (χ3n) is 2.05. The van der Waals surface area contributed by atoms with Gasteiger partial charge in [0.05, 0.1) is 13.7 Å². The van der Waals surface area contributed by atoms with Crippen LogP contribution in [0.25, 0.3) is 0 Å². The van der Waals surface area contributed by atoms with Crippen LogP contribution < -0.4 is 15.4 Å². The molecule has 5 nitrogen and oxygen atoms in total. The predicted octanol–water partition coefficient (Wildman–Crippen LogP) is 0.316. The molecule has 0 spiro atoms. The van der Waals surface area contributed by atoms with Gasteiger partial charge in [0.1, 0.15) is 0 Å². The zero-order chi connectivity index (χ0) is 11.8. The monoisotopic (exact) mass is 223 g/mol. The molecule has 2 N–H and O–H groups in total. The van der Waals surface area contributed by atoms with Crippen LogP contribution >= 0.6 is 0 Å². The Morgan fingerprint density at radius 3 is 3.06 bits per heavy atom. The first-order valence-corrected chi connectivity index (χ1v) is 5.23. The second-order valence-electron chi connectivity index (χ2n) is 3.23. The lowest BCUT2D eigenvalue weighted by Crippen LogP contribution is -2.33. The number of methoxy groups -OCH3 is 1. The van der Waals surface area contributed by atoms with Gasteiger partial charge in [-0.3, -0.25) is 4.79 Å². The summed E-state index contributed by atoms with van der Waals surface area (Å²) in [5.74, 6) is 0.513. The Hall–Kier alpha value is -1.62. The van der Waals surface area contributed by atoms with Gasteiger partial charge < -0.3 is 15.4 Å². The van der Waals surface area contributed by atoms with Crippen molar-refractivity contribution in [2.24, 2.45) is 0 Å². The van der Waals surface area contributed by atoms with Crippen molar-refractivity contribution in [3.8, 4) is 5.88 Å². The maximum atomic E-state index is 11.3. The Bertz CT molecular complexity index is 342. The van der Waals surface area contributed by atoms with Crippen molar-refractivity contribution < 1.29 is 9.53 Å². The molecule has 0 aliphatic rings. The largest absolute Gasteiger partial charge is 0.481 e. The first-order chi connectivity index (χ1) is 7.77. The SMILES string of the molecule is CCNCC(=O)NCc1cccnc1OC. The molecule has 0 atom stereocenters. The number of carbonyl (C=O) groups excluding carboxylic acids is 1. The van der Waals surface area contributed by atoms with E-state index in [0.717, 1.165) is 12.1 Å². The second kappa shape index (κ2) is 6.79. The molecule has 0 unspecified atom stereocenters. The molecule has 0 saturated carbocycles.